The summed E-state index contributed by atoms with van der Waals surface area (Å²) in [6.45, 7) is 8.42. The summed E-state index contributed by atoms with van der Waals surface area (Å²) in [5, 5.41) is 3.47. The maximum Gasteiger partial charge on any atom is 0.124 e. The second-order valence-corrected chi connectivity index (χ2v) is 4.44. The molecule has 0 saturated carbocycles. The standard InChI is InChI=1S/C16H25NO/c1-3-5-6-9-12-17-14-15-10-7-8-11-16(15)18-13-4-2/h4,7-8,10-11,17H,2-3,5-6,9,12-14H2,1H3. The molecular weight excluding hydrogens is 222 g/mol. The van der Waals surface area contributed by atoms with Gasteiger partial charge in [-0.2, -0.15) is 0 Å². The van der Waals surface area contributed by atoms with Crippen LogP contribution in [-0.4, -0.2) is 13.2 Å². The van der Waals surface area contributed by atoms with Crippen molar-refractivity contribution in [3.05, 3.63) is 42.5 Å². The van der Waals surface area contributed by atoms with Crippen LogP contribution in [0.5, 0.6) is 5.75 Å². The molecule has 2 nitrogen and oxygen atoms in total. The van der Waals surface area contributed by atoms with Gasteiger partial charge in [0.2, 0.25) is 0 Å². The van der Waals surface area contributed by atoms with Crippen molar-refractivity contribution >= 4 is 0 Å². The zero-order valence-electron chi connectivity index (χ0n) is 11.5. The fourth-order valence-electron chi connectivity index (χ4n) is 1.84. The highest BCUT2D eigenvalue weighted by Gasteiger charge is 2.01. The number of hydrogen-bond donors (Lipinski definition) is 1. The third kappa shape index (κ3) is 5.87. The average molecular weight is 247 g/mol. The number of unbranched alkanes of at least 4 members (excludes halogenated alkanes) is 3. The minimum absolute atomic E-state index is 0.563. The number of rotatable bonds is 10. The Bertz CT molecular complexity index is 336. The first-order chi connectivity index (χ1) is 8.88. The number of nitrogens with one attached hydrogen (secondary N) is 1. The Morgan fingerprint density at radius 3 is 2.83 bits per heavy atom. The minimum atomic E-state index is 0.563. The monoisotopic (exact) mass is 247 g/mol. The van der Waals surface area contributed by atoms with E-state index in [9.17, 15) is 0 Å². The summed E-state index contributed by atoms with van der Waals surface area (Å²) in [4.78, 5) is 0. The van der Waals surface area contributed by atoms with Crippen LogP contribution in [0, 0.1) is 0 Å². The molecule has 0 amide bonds. The zero-order valence-corrected chi connectivity index (χ0v) is 11.5. The summed E-state index contributed by atoms with van der Waals surface area (Å²) in [5.41, 5.74) is 1.22. The van der Waals surface area contributed by atoms with Crippen LogP contribution in [0.3, 0.4) is 0 Å². The molecule has 100 valence electrons. The van der Waals surface area contributed by atoms with Gasteiger partial charge in [-0.1, -0.05) is 57.0 Å². The number of para-hydroxylation sites is 1. The van der Waals surface area contributed by atoms with Gasteiger partial charge in [0.25, 0.3) is 0 Å². The Morgan fingerprint density at radius 2 is 2.06 bits per heavy atom. The molecule has 0 atom stereocenters. The van der Waals surface area contributed by atoms with E-state index in [0.717, 1.165) is 18.8 Å². The summed E-state index contributed by atoms with van der Waals surface area (Å²) in [7, 11) is 0. The highest BCUT2D eigenvalue weighted by molar-refractivity contribution is 5.33. The van der Waals surface area contributed by atoms with E-state index in [1.165, 1.54) is 31.2 Å². The largest absolute Gasteiger partial charge is 0.489 e. The third-order valence-electron chi connectivity index (χ3n) is 2.85. The Kier molecular flexibility index (Phi) is 7.98. The summed E-state index contributed by atoms with van der Waals surface area (Å²) < 4.78 is 5.62. The van der Waals surface area contributed by atoms with Crippen molar-refractivity contribution in [3.63, 3.8) is 0 Å². The Balaban J connectivity index is 2.29. The molecule has 0 unspecified atom stereocenters. The molecule has 18 heavy (non-hydrogen) atoms. The fourth-order valence-corrected chi connectivity index (χ4v) is 1.84. The first-order valence-corrected chi connectivity index (χ1v) is 6.90. The zero-order chi connectivity index (χ0) is 13.1. The van der Waals surface area contributed by atoms with Crippen LogP contribution >= 0.6 is 0 Å². The van der Waals surface area contributed by atoms with Gasteiger partial charge < -0.3 is 10.1 Å². The van der Waals surface area contributed by atoms with Crippen molar-refractivity contribution in [1.29, 1.82) is 0 Å². The molecule has 0 radical (unpaired) electrons. The topological polar surface area (TPSA) is 21.3 Å². The van der Waals surface area contributed by atoms with Crippen LogP contribution in [0.1, 0.15) is 38.2 Å². The van der Waals surface area contributed by atoms with E-state index >= 15 is 0 Å². The maximum atomic E-state index is 5.62. The lowest BCUT2D eigenvalue weighted by molar-refractivity contribution is 0.358. The van der Waals surface area contributed by atoms with Gasteiger partial charge in [0.15, 0.2) is 0 Å². The van der Waals surface area contributed by atoms with E-state index in [1.807, 2.05) is 12.1 Å². The Hall–Kier alpha value is -1.28. The Labute approximate surface area is 111 Å². The van der Waals surface area contributed by atoms with Gasteiger partial charge in [-0.05, 0) is 19.0 Å². The van der Waals surface area contributed by atoms with E-state index in [1.54, 1.807) is 6.08 Å². The molecule has 1 N–H and O–H groups in total. The molecule has 0 aliphatic rings. The highest BCUT2D eigenvalue weighted by atomic mass is 16.5. The fraction of sp³-hybridized carbons (Fsp3) is 0.500. The molecule has 1 aromatic carbocycles. The summed E-state index contributed by atoms with van der Waals surface area (Å²) in [6.07, 6.45) is 6.97. The lowest BCUT2D eigenvalue weighted by Gasteiger charge is -2.10. The van der Waals surface area contributed by atoms with Crippen molar-refractivity contribution in [2.75, 3.05) is 13.2 Å². The van der Waals surface area contributed by atoms with Crippen molar-refractivity contribution < 1.29 is 4.74 Å². The molecule has 0 aliphatic carbocycles. The van der Waals surface area contributed by atoms with Crippen LogP contribution in [-0.2, 0) is 6.54 Å². The van der Waals surface area contributed by atoms with Crippen LogP contribution in [0.4, 0.5) is 0 Å². The molecule has 0 spiro atoms. The summed E-state index contributed by atoms with van der Waals surface area (Å²) in [5.74, 6) is 0.957. The van der Waals surface area contributed by atoms with Crippen molar-refractivity contribution in [1.82, 2.24) is 5.32 Å². The molecule has 0 bridgehead atoms. The van der Waals surface area contributed by atoms with Crippen molar-refractivity contribution in [2.24, 2.45) is 0 Å². The minimum Gasteiger partial charge on any atom is -0.489 e. The van der Waals surface area contributed by atoms with Gasteiger partial charge in [-0.25, -0.2) is 0 Å². The van der Waals surface area contributed by atoms with E-state index < -0.39 is 0 Å². The van der Waals surface area contributed by atoms with Gasteiger partial charge in [-0.3, -0.25) is 0 Å². The predicted octanol–water partition coefficient (Wildman–Crippen LogP) is 3.92. The maximum absolute atomic E-state index is 5.62. The van der Waals surface area contributed by atoms with Gasteiger partial charge >= 0.3 is 0 Å². The molecule has 0 fully saturated rings. The highest BCUT2D eigenvalue weighted by Crippen LogP contribution is 2.17. The van der Waals surface area contributed by atoms with Crippen LogP contribution in [0.2, 0.25) is 0 Å². The van der Waals surface area contributed by atoms with Crippen molar-refractivity contribution in [3.8, 4) is 5.75 Å². The van der Waals surface area contributed by atoms with Crippen LogP contribution in [0.25, 0.3) is 0 Å². The van der Waals surface area contributed by atoms with E-state index in [-0.39, 0.29) is 0 Å². The summed E-state index contributed by atoms with van der Waals surface area (Å²) >= 11 is 0. The number of ether oxygens (including phenoxy) is 1. The number of hydrogen-bond acceptors (Lipinski definition) is 2. The van der Waals surface area contributed by atoms with E-state index in [4.69, 9.17) is 4.74 Å². The third-order valence-corrected chi connectivity index (χ3v) is 2.85. The smallest absolute Gasteiger partial charge is 0.124 e. The van der Waals surface area contributed by atoms with Gasteiger partial charge in [0.1, 0.15) is 12.4 Å². The van der Waals surface area contributed by atoms with E-state index in [0.29, 0.717) is 6.61 Å². The molecule has 0 aromatic heterocycles. The molecule has 2 heteroatoms. The van der Waals surface area contributed by atoms with E-state index in [2.05, 4.69) is 31.0 Å². The quantitative estimate of drug-likeness (QED) is 0.500. The lowest BCUT2D eigenvalue weighted by Crippen LogP contribution is -2.15. The molecule has 1 aromatic rings. The first-order valence-electron chi connectivity index (χ1n) is 6.90. The predicted molar refractivity (Wildman–Crippen MR) is 78.0 cm³/mol. The lowest BCUT2D eigenvalue weighted by atomic mass is 10.2. The molecule has 0 heterocycles. The molecule has 0 aliphatic heterocycles. The number of benzene rings is 1. The van der Waals surface area contributed by atoms with Gasteiger partial charge in [-0.15, -0.1) is 0 Å². The van der Waals surface area contributed by atoms with Gasteiger partial charge in [0.05, 0.1) is 0 Å². The second-order valence-electron chi connectivity index (χ2n) is 4.44. The van der Waals surface area contributed by atoms with Crippen LogP contribution in [0.15, 0.2) is 36.9 Å². The summed E-state index contributed by atoms with van der Waals surface area (Å²) in [6, 6.07) is 8.17. The van der Waals surface area contributed by atoms with Gasteiger partial charge in [0, 0.05) is 12.1 Å². The normalized spacial score (nSPS) is 10.3. The SMILES string of the molecule is C=CCOc1ccccc1CNCCCCCC. The molecular formula is C16H25NO. The average Bonchev–Trinajstić information content (AvgIpc) is 2.41. The van der Waals surface area contributed by atoms with Crippen molar-refractivity contribution in [2.45, 2.75) is 39.2 Å². The molecule has 0 saturated heterocycles. The first kappa shape index (κ1) is 14.8. The molecule has 1 rings (SSSR count). The second kappa shape index (κ2) is 9.72. The van der Waals surface area contributed by atoms with Crippen LogP contribution < -0.4 is 10.1 Å². The Morgan fingerprint density at radius 1 is 1.22 bits per heavy atom.